The van der Waals surface area contributed by atoms with Crippen LogP contribution in [-0.4, -0.2) is 34.2 Å². The van der Waals surface area contributed by atoms with Crippen molar-refractivity contribution < 1.29 is 19.1 Å². The lowest BCUT2D eigenvalue weighted by molar-refractivity contribution is -0.148. The summed E-state index contributed by atoms with van der Waals surface area (Å²) < 4.78 is 5.48. The fourth-order valence-electron chi connectivity index (χ4n) is 5.62. The highest BCUT2D eigenvalue weighted by Gasteiger charge is 2.67. The van der Waals surface area contributed by atoms with Gasteiger partial charge in [0.15, 0.2) is 5.75 Å². The maximum Gasteiger partial charge on any atom is 0.331 e. The van der Waals surface area contributed by atoms with E-state index in [0.29, 0.717) is 23.1 Å². The van der Waals surface area contributed by atoms with E-state index in [1.165, 1.54) is 0 Å². The highest BCUT2D eigenvalue weighted by Crippen LogP contribution is 2.65. The van der Waals surface area contributed by atoms with Gasteiger partial charge in [0.05, 0.1) is 11.8 Å². The molecule has 6 atom stereocenters. The van der Waals surface area contributed by atoms with Gasteiger partial charge in [-0.05, 0) is 42.2 Å². The number of fused-ring (bicyclic) bond motifs is 1. The Hall–Kier alpha value is -3.02. The van der Waals surface area contributed by atoms with Crippen LogP contribution < -0.4 is 4.74 Å². The minimum atomic E-state index is -0.621. The van der Waals surface area contributed by atoms with Gasteiger partial charge in [-0.25, -0.2) is 4.79 Å². The molecule has 1 aliphatic heterocycles. The number of allylic oxidation sites excluding steroid dienone is 2. The van der Waals surface area contributed by atoms with Crippen LogP contribution in [0.4, 0.5) is 0 Å². The maximum atomic E-state index is 13.0. The SMILES string of the molecule is O=C(CN1C(=O)[C@@H]2[C@H]3C=C[C@@H]([C@@H]4C[C@H]34)[C@H]2C1=O)Oc1cccc2cccnc12. The van der Waals surface area contributed by atoms with Gasteiger partial charge in [0, 0.05) is 11.6 Å². The summed E-state index contributed by atoms with van der Waals surface area (Å²) in [7, 11) is 0. The first-order chi connectivity index (χ1) is 13.6. The molecule has 140 valence electrons. The van der Waals surface area contributed by atoms with Crippen LogP contribution in [0.1, 0.15) is 6.42 Å². The minimum Gasteiger partial charge on any atom is -0.423 e. The molecule has 1 aromatic carbocycles. The number of benzene rings is 1. The number of imide groups is 1. The monoisotopic (exact) mass is 374 g/mol. The summed E-state index contributed by atoms with van der Waals surface area (Å²) in [5.41, 5.74) is 0.577. The van der Waals surface area contributed by atoms with Crippen LogP contribution in [-0.2, 0) is 14.4 Å². The average molecular weight is 374 g/mol. The zero-order chi connectivity index (χ0) is 19.0. The number of nitrogens with zero attached hydrogens (tertiary/aromatic N) is 2. The van der Waals surface area contributed by atoms with Crippen molar-refractivity contribution in [1.82, 2.24) is 9.88 Å². The van der Waals surface area contributed by atoms with Gasteiger partial charge in [0.25, 0.3) is 0 Å². The number of rotatable bonds is 3. The number of esters is 1. The van der Waals surface area contributed by atoms with Gasteiger partial charge < -0.3 is 4.74 Å². The molecule has 2 saturated carbocycles. The Kier molecular flexibility index (Phi) is 3.14. The highest BCUT2D eigenvalue weighted by molar-refractivity contribution is 6.08. The molecule has 28 heavy (non-hydrogen) atoms. The first kappa shape index (κ1) is 16.0. The van der Waals surface area contributed by atoms with Crippen molar-refractivity contribution in [3.63, 3.8) is 0 Å². The van der Waals surface area contributed by atoms with Crippen LogP contribution >= 0.6 is 0 Å². The molecule has 2 aromatic rings. The van der Waals surface area contributed by atoms with E-state index in [4.69, 9.17) is 4.74 Å². The van der Waals surface area contributed by atoms with Crippen molar-refractivity contribution in [3.8, 4) is 5.75 Å². The number of amides is 2. The smallest absolute Gasteiger partial charge is 0.331 e. The van der Waals surface area contributed by atoms with Crippen LogP contribution in [0, 0.1) is 35.5 Å². The van der Waals surface area contributed by atoms with Crippen LogP contribution in [0.3, 0.4) is 0 Å². The quantitative estimate of drug-likeness (QED) is 0.356. The van der Waals surface area contributed by atoms with E-state index in [1.54, 1.807) is 18.3 Å². The zero-order valence-corrected chi connectivity index (χ0v) is 15.0. The number of pyridine rings is 1. The van der Waals surface area contributed by atoms with Gasteiger partial charge in [0.1, 0.15) is 12.1 Å². The maximum absolute atomic E-state index is 13.0. The average Bonchev–Trinajstić information content (AvgIpc) is 3.49. The molecule has 2 heterocycles. The van der Waals surface area contributed by atoms with Crippen LogP contribution in [0.2, 0.25) is 0 Å². The predicted molar refractivity (Wildman–Crippen MR) is 98.8 cm³/mol. The summed E-state index contributed by atoms with van der Waals surface area (Å²) in [6, 6.07) is 9.02. The third-order valence-electron chi connectivity index (χ3n) is 6.86. The topological polar surface area (TPSA) is 76.6 Å². The first-order valence-electron chi connectivity index (χ1n) is 9.71. The van der Waals surface area contributed by atoms with Crippen molar-refractivity contribution in [2.75, 3.05) is 6.54 Å². The summed E-state index contributed by atoms with van der Waals surface area (Å²) in [6.07, 6.45) is 6.99. The summed E-state index contributed by atoms with van der Waals surface area (Å²) >= 11 is 0. The second kappa shape index (κ2) is 5.50. The summed E-state index contributed by atoms with van der Waals surface area (Å²) in [5.74, 6) is 0.0892. The lowest BCUT2D eigenvalue weighted by Crippen LogP contribution is -2.40. The highest BCUT2D eigenvalue weighted by atomic mass is 16.5. The Labute approximate surface area is 161 Å². The molecule has 2 bridgehead atoms. The molecule has 5 aliphatic rings. The minimum absolute atomic E-state index is 0.153. The van der Waals surface area contributed by atoms with Crippen molar-refractivity contribution in [2.24, 2.45) is 35.5 Å². The molecule has 0 spiro atoms. The number of ether oxygens (including phenoxy) is 1. The van der Waals surface area contributed by atoms with E-state index in [9.17, 15) is 14.4 Å². The number of hydrogen-bond acceptors (Lipinski definition) is 5. The van der Waals surface area contributed by atoms with E-state index < -0.39 is 5.97 Å². The summed E-state index contributed by atoms with van der Waals surface area (Å²) in [4.78, 5) is 43.8. The standard InChI is InChI=1S/C22H18N2O4/c25-17(28-16-5-1-3-11-4-2-8-23-20(11)16)10-24-21(26)18-12-6-7-13(15-9-14(12)15)19(18)22(24)27/h1-8,12-15,18-19H,9-10H2/t12-,13-,14-,15+,18+,19+/m0/s1. The van der Waals surface area contributed by atoms with Gasteiger partial charge in [-0.15, -0.1) is 0 Å². The first-order valence-corrected chi connectivity index (χ1v) is 9.71. The molecular formula is C22H18N2O4. The lowest BCUT2D eigenvalue weighted by atomic mass is 9.63. The molecule has 0 N–H and O–H groups in total. The molecular weight excluding hydrogens is 356 g/mol. The number of likely N-dealkylation sites (tertiary alicyclic amines) is 1. The molecule has 2 amide bonds. The Morgan fingerprint density at radius 1 is 1.04 bits per heavy atom. The Balaban J connectivity index is 1.23. The predicted octanol–water partition coefficient (Wildman–Crippen LogP) is 2.19. The fourth-order valence-corrected chi connectivity index (χ4v) is 5.62. The Morgan fingerprint density at radius 3 is 2.43 bits per heavy atom. The van der Waals surface area contributed by atoms with Crippen LogP contribution in [0.5, 0.6) is 5.75 Å². The molecule has 4 aliphatic carbocycles. The lowest BCUT2D eigenvalue weighted by Gasteiger charge is -2.37. The number of aromatic nitrogens is 1. The van der Waals surface area contributed by atoms with E-state index >= 15 is 0 Å². The molecule has 1 aromatic heterocycles. The van der Waals surface area contributed by atoms with Gasteiger partial charge in [0.2, 0.25) is 11.8 Å². The van der Waals surface area contributed by atoms with Gasteiger partial charge in [-0.1, -0.05) is 30.4 Å². The van der Waals surface area contributed by atoms with E-state index in [1.807, 2.05) is 18.2 Å². The van der Waals surface area contributed by atoms with Crippen molar-refractivity contribution >= 4 is 28.7 Å². The van der Waals surface area contributed by atoms with E-state index in [2.05, 4.69) is 17.1 Å². The van der Waals surface area contributed by atoms with Crippen molar-refractivity contribution in [2.45, 2.75) is 6.42 Å². The van der Waals surface area contributed by atoms with Gasteiger partial charge in [-0.3, -0.25) is 19.5 Å². The molecule has 3 fully saturated rings. The molecule has 0 unspecified atom stereocenters. The van der Waals surface area contributed by atoms with Gasteiger partial charge in [-0.2, -0.15) is 0 Å². The third-order valence-corrected chi connectivity index (χ3v) is 6.86. The van der Waals surface area contributed by atoms with E-state index in [-0.39, 0.29) is 42.0 Å². The van der Waals surface area contributed by atoms with Crippen LogP contribution in [0.25, 0.3) is 10.9 Å². The van der Waals surface area contributed by atoms with E-state index in [0.717, 1.165) is 16.7 Å². The summed E-state index contributed by atoms with van der Waals surface area (Å²) in [5, 5.41) is 0.856. The molecule has 1 saturated heterocycles. The second-order valence-corrected chi connectivity index (χ2v) is 8.22. The van der Waals surface area contributed by atoms with Crippen molar-refractivity contribution in [3.05, 3.63) is 48.7 Å². The molecule has 6 heteroatoms. The molecule has 6 nitrogen and oxygen atoms in total. The third kappa shape index (κ3) is 2.08. The molecule has 0 radical (unpaired) electrons. The van der Waals surface area contributed by atoms with Gasteiger partial charge >= 0.3 is 5.97 Å². The number of hydrogen-bond donors (Lipinski definition) is 0. The molecule has 7 rings (SSSR count). The number of carbonyl (C=O) groups is 3. The van der Waals surface area contributed by atoms with Crippen LogP contribution in [0.15, 0.2) is 48.7 Å². The Morgan fingerprint density at radius 2 is 1.71 bits per heavy atom. The number of carbonyl (C=O) groups excluding carboxylic acids is 3. The fraction of sp³-hybridized carbons (Fsp3) is 0.364. The normalized spacial score (nSPS) is 34.5. The van der Waals surface area contributed by atoms with Crippen molar-refractivity contribution in [1.29, 1.82) is 0 Å². The zero-order valence-electron chi connectivity index (χ0n) is 15.0. The second-order valence-electron chi connectivity index (χ2n) is 8.22. The largest absolute Gasteiger partial charge is 0.423 e. The number of para-hydroxylation sites is 1. The Bertz CT molecular complexity index is 1040. The summed E-state index contributed by atoms with van der Waals surface area (Å²) in [6.45, 7) is -0.345.